The van der Waals surface area contributed by atoms with Gasteiger partial charge in [-0.3, -0.25) is 13.9 Å². The number of benzene rings is 1. The van der Waals surface area contributed by atoms with Gasteiger partial charge >= 0.3 is 5.69 Å². The molecule has 24 heavy (non-hydrogen) atoms. The Morgan fingerprint density at radius 3 is 2.71 bits per heavy atom. The average Bonchev–Trinajstić information content (AvgIpc) is 2.98. The normalized spacial score (nSPS) is 14.1. The molecule has 1 aliphatic carbocycles. The van der Waals surface area contributed by atoms with Gasteiger partial charge in [0.2, 0.25) is 0 Å². The molecule has 2 aromatic heterocycles. The molecule has 1 aromatic carbocycles. The zero-order valence-corrected chi connectivity index (χ0v) is 14.2. The molecule has 2 heterocycles. The lowest BCUT2D eigenvalue weighted by molar-refractivity contribution is 0.589. The first-order chi connectivity index (χ1) is 11.6. The number of aryl methyl sites for hydroxylation is 2. The van der Waals surface area contributed by atoms with Crippen LogP contribution in [0.5, 0.6) is 0 Å². The summed E-state index contributed by atoms with van der Waals surface area (Å²) in [6.07, 6.45) is 3.99. The molecule has 0 bridgehead atoms. The fourth-order valence-electron chi connectivity index (χ4n) is 3.44. The van der Waals surface area contributed by atoms with E-state index in [2.05, 4.69) is 0 Å². The van der Waals surface area contributed by atoms with E-state index < -0.39 is 0 Å². The van der Waals surface area contributed by atoms with Crippen molar-refractivity contribution in [3.63, 3.8) is 0 Å². The van der Waals surface area contributed by atoms with Gasteiger partial charge in [-0.15, -0.1) is 11.3 Å². The first-order valence-electron chi connectivity index (χ1n) is 8.05. The van der Waals surface area contributed by atoms with Crippen LogP contribution in [0, 0.1) is 5.82 Å². The quantitative estimate of drug-likeness (QED) is 0.717. The minimum absolute atomic E-state index is 0.138. The Kier molecular flexibility index (Phi) is 3.64. The van der Waals surface area contributed by atoms with Gasteiger partial charge < -0.3 is 0 Å². The highest BCUT2D eigenvalue weighted by atomic mass is 32.1. The summed E-state index contributed by atoms with van der Waals surface area (Å²) >= 11 is 1.49. The molecule has 0 saturated carbocycles. The lowest BCUT2D eigenvalue weighted by atomic mass is 9.98. The predicted molar refractivity (Wildman–Crippen MR) is 93.5 cm³/mol. The van der Waals surface area contributed by atoms with Crippen LogP contribution in [-0.4, -0.2) is 9.13 Å². The Bertz CT molecular complexity index is 1060. The summed E-state index contributed by atoms with van der Waals surface area (Å²) in [4.78, 5) is 26.4. The summed E-state index contributed by atoms with van der Waals surface area (Å²) < 4.78 is 17.4. The SMILES string of the molecule is Cn1c(=O)c2sc3c(c2n(Cc2ccccc2F)c1=O)CCCC3. The van der Waals surface area contributed by atoms with Gasteiger partial charge in [0.25, 0.3) is 5.56 Å². The number of nitrogens with zero attached hydrogens (tertiary/aromatic N) is 2. The average molecular weight is 344 g/mol. The van der Waals surface area contributed by atoms with Crippen molar-refractivity contribution >= 4 is 21.6 Å². The van der Waals surface area contributed by atoms with Crippen LogP contribution >= 0.6 is 11.3 Å². The van der Waals surface area contributed by atoms with Crippen molar-refractivity contribution in [3.05, 3.63) is 66.9 Å². The predicted octanol–water partition coefficient (Wildman–Crippen LogP) is 2.83. The van der Waals surface area contributed by atoms with E-state index in [1.54, 1.807) is 22.8 Å². The Labute approximate surface area is 141 Å². The molecule has 0 fully saturated rings. The van der Waals surface area contributed by atoms with Crippen LogP contribution in [0.3, 0.4) is 0 Å². The van der Waals surface area contributed by atoms with Gasteiger partial charge in [0.05, 0.1) is 12.1 Å². The molecule has 0 N–H and O–H groups in total. The van der Waals surface area contributed by atoms with Crippen LogP contribution in [0.4, 0.5) is 4.39 Å². The standard InChI is InChI=1S/C18H17FN2O2S/c1-20-17(22)16-15(12-7-3-5-9-14(12)24-16)21(18(20)23)10-11-6-2-4-8-13(11)19/h2,4,6,8H,3,5,7,9-10H2,1H3. The van der Waals surface area contributed by atoms with Crippen LogP contribution in [0.1, 0.15) is 28.8 Å². The largest absolute Gasteiger partial charge is 0.331 e. The van der Waals surface area contributed by atoms with E-state index in [1.165, 1.54) is 29.3 Å². The number of aromatic nitrogens is 2. The van der Waals surface area contributed by atoms with E-state index in [-0.39, 0.29) is 23.6 Å². The van der Waals surface area contributed by atoms with E-state index in [0.717, 1.165) is 35.8 Å². The zero-order chi connectivity index (χ0) is 16.8. The maximum Gasteiger partial charge on any atom is 0.331 e. The van der Waals surface area contributed by atoms with Crippen molar-refractivity contribution in [2.45, 2.75) is 32.2 Å². The zero-order valence-electron chi connectivity index (χ0n) is 13.3. The topological polar surface area (TPSA) is 44.0 Å². The first kappa shape index (κ1) is 15.3. The second-order valence-corrected chi connectivity index (χ2v) is 7.32. The number of fused-ring (bicyclic) bond motifs is 3. The molecule has 0 spiro atoms. The molecule has 0 aliphatic heterocycles. The van der Waals surface area contributed by atoms with E-state index in [1.807, 2.05) is 0 Å². The third kappa shape index (κ3) is 2.24. The second kappa shape index (κ2) is 5.70. The van der Waals surface area contributed by atoms with Crippen molar-refractivity contribution < 1.29 is 4.39 Å². The fourth-order valence-corrected chi connectivity index (χ4v) is 4.81. The molecular weight excluding hydrogens is 327 g/mol. The van der Waals surface area contributed by atoms with Gasteiger partial charge in [-0.25, -0.2) is 9.18 Å². The summed E-state index contributed by atoms with van der Waals surface area (Å²) in [6.45, 7) is 0.138. The van der Waals surface area contributed by atoms with E-state index in [9.17, 15) is 14.0 Å². The van der Waals surface area contributed by atoms with Crippen LogP contribution in [-0.2, 0) is 26.4 Å². The molecule has 0 radical (unpaired) electrons. The van der Waals surface area contributed by atoms with Crippen molar-refractivity contribution in [1.82, 2.24) is 9.13 Å². The number of hydrogen-bond donors (Lipinski definition) is 0. The minimum atomic E-state index is -0.387. The van der Waals surface area contributed by atoms with Crippen molar-refractivity contribution in [2.24, 2.45) is 7.05 Å². The van der Waals surface area contributed by atoms with Gasteiger partial charge in [-0.2, -0.15) is 0 Å². The summed E-state index contributed by atoms with van der Waals surface area (Å²) in [5.41, 5.74) is 1.63. The van der Waals surface area contributed by atoms with Crippen LogP contribution < -0.4 is 11.2 Å². The highest BCUT2D eigenvalue weighted by Gasteiger charge is 2.23. The second-order valence-electron chi connectivity index (χ2n) is 6.21. The fraction of sp³-hybridized carbons (Fsp3) is 0.333. The maximum atomic E-state index is 14.1. The molecule has 0 saturated heterocycles. The molecule has 0 amide bonds. The van der Waals surface area contributed by atoms with Gasteiger partial charge in [-0.1, -0.05) is 18.2 Å². The van der Waals surface area contributed by atoms with Crippen LogP contribution in [0.15, 0.2) is 33.9 Å². The number of hydrogen-bond acceptors (Lipinski definition) is 3. The molecule has 3 aromatic rings. The molecule has 6 heteroatoms. The highest BCUT2D eigenvalue weighted by molar-refractivity contribution is 7.19. The summed E-state index contributed by atoms with van der Waals surface area (Å²) in [7, 11) is 1.49. The minimum Gasteiger partial charge on any atom is -0.287 e. The van der Waals surface area contributed by atoms with Gasteiger partial charge in [0.15, 0.2) is 0 Å². The van der Waals surface area contributed by atoms with Crippen LogP contribution in [0.2, 0.25) is 0 Å². The molecule has 0 unspecified atom stereocenters. The monoisotopic (exact) mass is 344 g/mol. The molecule has 4 nitrogen and oxygen atoms in total. The number of rotatable bonds is 2. The highest BCUT2D eigenvalue weighted by Crippen LogP contribution is 2.34. The van der Waals surface area contributed by atoms with Crippen molar-refractivity contribution in [3.8, 4) is 0 Å². The first-order valence-corrected chi connectivity index (χ1v) is 8.87. The number of halogens is 1. The van der Waals surface area contributed by atoms with E-state index >= 15 is 0 Å². The Hall–Kier alpha value is -2.21. The summed E-state index contributed by atoms with van der Waals surface area (Å²) in [5.74, 6) is -0.337. The lowest BCUT2D eigenvalue weighted by Crippen LogP contribution is -2.38. The van der Waals surface area contributed by atoms with Gasteiger partial charge in [-0.05, 0) is 37.3 Å². The molecule has 124 valence electrons. The third-order valence-electron chi connectivity index (χ3n) is 4.72. The molecule has 4 rings (SSSR count). The Balaban J connectivity index is 2.04. The summed E-state index contributed by atoms with van der Waals surface area (Å²) in [6, 6.07) is 6.45. The summed E-state index contributed by atoms with van der Waals surface area (Å²) in [5, 5.41) is 0. The Morgan fingerprint density at radius 1 is 1.17 bits per heavy atom. The number of thiophene rings is 1. The van der Waals surface area contributed by atoms with Gasteiger partial charge in [0, 0.05) is 17.5 Å². The van der Waals surface area contributed by atoms with Crippen molar-refractivity contribution in [2.75, 3.05) is 0 Å². The molecule has 0 atom stereocenters. The molecule has 1 aliphatic rings. The Morgan fingerprint density at radius 2 is 1.92 bits per heavy atom. The maximum absolute atomic E-state index is 14.1. The van der Waals surface area contributed by atoms with Gasteiger partial charge in [0.1, 0.15) is 10.5 Å². The molecular formula is C18H17FN2O2S. The van der Waals surface area contributed by atoms with E-state index in [4.69, 9.17) is 0 Å². The van der Waals surface area contributed by atoms with Crippen molar-refractivity contribution in [1.29, 1.82) is 0 Å². The van der Waals surface area contributed by atoms with Crippen LogP contribution in [0.25, 0.3) is 10.2 Å². The smallest absolute Gasteiger partial charge is 0.287 e. The van der Waals surface area contributed by atoms with E-state index in [0.29, 0.717) is 15.8 Å². The lowest BCUT2D eigenvalue weighted by Gasteiger charge is -2.15. The third-order valence-corrected chi connectivity index (χ3v) is 5.99.